The van der Waals surface area contributed by atoms with Crippen molar-refractivity contribution in [3.05, 3.63) is 39.4 Å². The second-order valence-corrected chi connectivity index (χ2v) is 5.46. The van der Waals surface area contributed by atoms with Crippen molar-refractivity contribution in [1.82, 2.24) is 0 Å². The molecule has 0 fully saturated rings. The molecule has 0 atom stereocenters. The van der Waals surface area contributed by atoms with Gasteiger partial charge in [-0.1, -0.05) is 26.8 Å². The Morgan fingerprint density at radius 3 is 2.20 bits per heavy atom. The monoisotopic (exact) mass is 289 g/mol. The van der Waals surface area contributed by atoms with Crippen LogP contribution in [0.25, 0.3) is 0 Å². The average molecular weight is 289 g/mol. The largest absolute Gasteiger partial charge is 0.423 e. The van der Waals surface area contributed by atoms with E-state index in [-0.39, 0.29) is 17.8 Å². The van der Waals surface area contributed by atoms with Crippen LogP contribution >= 0.6 is 0 Å². The van der Waals surface area contributed by atoms with Crippen LogP contribution in [0.5, 0.6) is 0 Å². The van der Waals surface area contributed by atoms with E-state index in [0.29, 0.717) is 6.07 Å². The fourth-order valence-corrected chi connectivity index (χ4v) is 1.53. The summed E-state index contributed by atoms with van der Waals surface area (Å²) in [6, 6.07) is 2.63. The molecule has 0 saturated carbocycles. The molecule has 0 aliphatic rings. The number of nitrogens with zero attached hydrogens (tertiary/aromatic N) is 1. The predicted octanol–water partition coefficient (Wildman–Crippen LogP) is 3.77. The third-order valence-electron chi connectivity index (χ3n) is 2.76. The highest BCUT2D eigenvalue weighted by molar-refractivity contribution is 5.85. The van der Waals surface area contributed by atoms with E-state index in [2.05, 4.69) is 0 Å². The average Bonchev–Trinajstić information content (AvgIpc) is 2.26. The second-order valence-electron chi connectivity index (χ2n) is 5.46. The van der Waals surface area contributed by atoms with Crippen LogP contribution in [0.15, 0.2) is 18.2 Å². The van der Waals surface area contributed by atoms with E-state index in [1.807, 2.05) is 0 Å². The third-order valence-corrected chi connectivity index (χ3v) is 2.76. The smallest absolute Gasteiger partial charge is 0.299 e. The van der Waals surface area contributed by atoms with Crippen LogP contribution in [0.4, 0.5) is 18.9 Å². The standard InChI is InChI=1S/C13H14F3NO3/c1-12(2,3)11(18)7-8-4-5-10(17(19)20)9(6-8)13(14,15)16/h4-6H,7H2,1-3H3. The molecule has 0 heterocycles. The van der Waals surface area contributed by atoms with Crippen LogP contribution in [0, 0.1) is 15.5 Å². The summed E-state index contributed by atoms with van der Waals surface area (Å²) in [5, 5.41) is 10.6. The van der Waals surface area contributed by atoms with Gasteiger partial charge in [-0.3, -0.25) is 14.9 Å². The molecule has 110 valence electrons. The molecule has 0 amide bonds. The van der Waals surface area contributed by atoms with Gasteiger partial charge in [-0.15, -0.1) is 0 Å². The fourth-order valence-electron chi connectivity index (χ4n) is 1.53. The zero-order valence-corrected chi connectivity index (χ0v) is 11.2. The molecular weight excluding hydrogens is 275 g/mol. The van der Waals surface area contributed by atoms with E-state index in [1.165, 1.54) is 6.07 Å². The first-order chi connectivity index (χ1) is 8.93. The van der Waals surface area contributed by atoms with E-state index in [4.69, 9.17) is 0 Å². The normalized spacial score (nSPS) is 12.3. The first-order valence-corrected chi connectivity index (χ1v) is 5.80. The number of rotatable bonds is 3. The Bertz CT molecular complexity index is 545. The topological polar surface area (TPSA) is 60.2 Å². The fraction of sp³-hybridized carbons (Fsp3) is 0.462. The third kappa shape index (κ3) is 3.79. The number of Topliss-reactive ketones (excluding diaryl/α,β-unsaturated/α-hetero) is 1. The summed E-state index contributed by atoms with van der Waals surface area (Å²) in [6.07, 6.45) is -5.02. The molecule has 0 bridgehead atoms. The summed E-state index contributed by atoms with van der Waals surface area (Å²) in [6.45, 7) is 4.97. The highest BCUT2D eigenvalue weighted by atomic mass is 19.4. The van der Waals surface area contributed by atoms with Gasteiger partial charge >= 0.3 is 6.18 Å². The van der Waals surface area contributed by atoms with Crippen LogP contribution in [-0.2, 0) is 17.4 Å². The highest BCUT2D eigenvalue weighted by Crippen LogP contribution is 2.36. The van der Waals surface area contributed by atoms with E-state index in [0.717, 1.165) is 6.07 Å². The van der Waals surface area contributed by atoms with Crippen LogP contribution in [0.1, 0.15) is 31.9 Å². The Kier molecular flexibility index (Phi) is 4.21. The Hall–Kier alpha value is -1.92. The molecule has 1 rings (SSSR count). The minimum Gasteiger partial charge on any atom is -0.299 e. The van der Waals surface area contributed by atoms with Gasteiger partial charge in [0.25, 0.3) is 5.69 Å². The molecular formula is C13H14F3NO3. The van der Waals surface area contributed by atoms with Gasteiger partial charge in [-0.25, -0.2) is 0 Å². The lowest BCUT2D eigenvalue weighted by atomic mass is 9.87. The number of carbonyl (C=O) groups excluding carboxylic acids is 1. The molecule has 20 heavy (non-hydrogen) atoms. The van der Waals surface area contributed by atoms with Crippen LogP contribution in [-0.4, -0.2) is 10.7 Å². The van der Waals surface area contributed by atoms with Crippen LogP contribution < -0.4 is 0 Å². The van der Waals surface area contributed by atoms with Crippen molar-refractivity contribution in [1.29, 1.82) is 0 Å². The van der Waals surface area contributed by atoms with E-state index in [9.17, 15) is 28.1 Å². The summed E-state index contributed by atoms with van der Waals surface area (Å²) in [5.41, 5.74) is -2.91. The second kappa shape index (κ2) is 5.22. The zero-order valence-electron chi connectivity index (χ0n) is 11.2. The molecule has 0 N–H and O–H groups in total. The molecule has 4 nitrogen and oxygen atoms in total. The maximum absolute atomic E-state index is 12.8. The number of halogens is 3. The van der Waals surface area contributed by atoms with Gasteiger partial charge < -0.3 is 0 Å². The van der Waals surface area contributed by atoms with Crippen molar-refractivity contribution in [2.45, 2.75) is 33.4 Å². The van der Waals surface area contributed by atoms with E-state index in [1.54, 1.807) is 20.8 Å². The van der Waals surface area contributed by atoms with Gasteiger partial charge in [-0.05, 0) is 11.6 Å². The number of benzene rings is 1. The first kappa shape index (κ1) is 16.1. The minimum absolute atomic E-state index is 0.114. The number of alkyl halides is 3. The first-order valence-electron chi connectivity index (χ1n) is 5.80. The quantitative estimate of drug-likeness (QED) is 0.628. The van der Waals surface area contributed by atoms with Gasteiger partial charge in [-0.2, -0.15) is 13.2 Å². The van der Waals surface area contributed by atoms with E-state index < -0.39 is 27.8 Å². The number of ketones is 1. The molecule has 7 heteroatoms. The number of nitro benzene ring substituents is 1. The van der Waals surface area contributed by atoms with Crippen molar-refractivity contribution >= 4 is 11.5 Å². The minimum atomic E-state index is -4.83. The van der Waals surface area contributed by atoms with Gasteiger partial charge in [0.2, 0.25) is 0 Å². The molecule has 0 unspecified atom stereocenters. The SMILES string of the molecule is CC(C)(C)C(=O)Cc1ccc([N+](=O)[O-])c(C(F)(F)F)c1. The van der Waals surface area contributed by atoms with Crippen molar-refractivity contribution in [2.75, 3.05) is 0 Å². The summed E-state index contributed by atoms with van der Waals surface area (Å²) in [5.74, 6) is -0.237. The summed E-state index contributed by atoms with van der Waals surface area (Å²) in [4.78, 5) is 21.3. The summed E-state index contributed by atoms with van der Waals surface area (Å²) >= 11 is 0. The Labute approximate surface area is 113 Å². The van der Waals surface area contributed by atoms with Crippen molar-refractivity contribution in [2.24, 2.45) is 5.41 Å². The lowest BCUT2D eigenvalue weighted by molar-refractivity contribution is -0.388. The van der Waals surface area contributed by atoms with E-state index >= 15 is 0 Å². The summed E-state index contributed by atoms with van der Waals surface area (Å²) in [7, 11) is 0. The van der Waals surface area contributed by atoms with Gasteiger partial charge in [0, 0.05) is 17.9 Å². The molecule has 1 aromatic carbocycles. The zero-order chi connectivity index (χ0) is 15.7. The van der Waals surface area contributed by atoms with Crippen molar-refractivity contribution in [3.63, 3.8) is 0 Å². The maximum Gasteiger partial charge on any atom is 0.423 e. The van der Waals surface area contributed by atoms with Crippen LogP contribution in [0.2, 0.25) is 0 Å². The maximum atomic E-state index is 12.8. The molecule has 0 radical (unpaired) electrons. The van der Waals surface area contributed by atoms with Crippen molar-refractivity contribution in [3.8, 4) is 0 Å². The van der Waals surface area contributed by atoms with Crippen molar-refractivity contribution < 1.29 is 22.9 Å². The molecule has 0 saturated heterocycles. The Balaban J connectivity index is 3.21. The molecule has 0 aliphatic carbocycles. The summed E-state index contributed by atoms with van der Waals surface area (Å²) < 4.78 is 38.3. The van der Waals surface area contributed by atoms with Gasteiger partial charge in [0.1, 0.15) is 11.3 Å². The Morgan fingerprint density at radius 2 is 1.80 bits per heavy atom. The molecule has 1 aromatic rings. The number of carbonyl (C=O) groups is 1. The van der Waals surface area contributed by atoms with Gasteiger partial charge in [0.05, 0.1) is 4.92 Å². The number of hydrogen-bond acceptors (Lipinski definition) is 3. The Morgan fingerprint density at radius 1 is 1.25 bits per heavy atom. The number of nitro groups is 1. The lowest BCUT2D eigenvalue weighted by Crippen LogP contribution is -2.22. The number of hydrogen-bond donors (Lipinski definition) is 0. The highest BCUT2D eigenvalue weighted by Gasteiger charge is 2.38. The molecule has 0 aliphatic heterocycles. The molecule has 0 aromatic heterocycles. The van der Waals surface area contributed by atoms with Crippen LogP contribution in [0.3, 0.4) is 0 Å². The lowest BCUT2D eigenvalue weighted by Gasteiger charge is -2.17. The van der Waals surface area contributed by atoms with Gasteiger partial charge in [0.15, 0.2) is 0 Å². The molecule has 0 spiro atoms. The predicted molar refractivity (Wildman–Crippen MR) is 66.3 cm³/mol.